The van der Waals surface area contributed by atoms with Crippen LogP contribution in [0, 0.1) is 0 Å². The van der Waals surface area contributed by atoms with E-state index in [9.17, 15) is 35.1 Å². The highest BCUT2D eigenvalue weighted by Crippen LogP contribution is 2.28. The van der Waals surface area contributed by atoms with Gasteiger partial charge in [-0.3, -0.25) is 9.59 Å². The molecule has 2 heterocycles. The lowest BCUT2D eigenvalue weighted by molar-refractivity contribution is -0.320. The Morgan fingerprint density at radius 3 is 2.04 bits per heavy atom. The molecule has 162 valence electrons. The quantitative estimate of drug-likeness (QED) is 0.236. The molecular weight excluding hydrogens is 380 g/mol. The van der Waals surface area contributed by atoms with E-state index in [0.717, 1.165) is 0 Å². The molecule has 2 fully saturated rings. The summed E-state index contributed by atoms with van der Waals surface area (Å²) in [5, 5.41) is 55.2. The Balaban J connectivity index is 2.29. The van der Waals surface area contributed by atoms with Crippen molar-refractivity contribution in [2.75, 3.05) is 6.61 Å². The summed E-state index contributed by atoms with van der Waals surface area (Å²) in [4.78, 5) is 23.0. The van der Waals surface area contributed by atoms with Gasteiger partial charge in [0, 0.05) is 13.8 Å². The van der Waals surface area contributed by atoms with Crippen molar-refractivity contribution in [3.8, 4) is 0 Å². The molecule has 0 unspecified atom stereocenters. The van der Waals surface area contributed by atoms with Crippen LogP contribution in [0.5, 0.6) is 0 Å². The first-order chi connectivity index (χ1) is 13.1. The van der Waals surface area contributed by atoms with Crippen LogP contribution >= 0.6 is 0 Å². The molecule has 0 aliphatic carbocycles. The van der Waals surface area contributed by atoms with E-state index in [1.807, 2.05) is 0 Å². The van der Waals surface area contributed by atoms with Crippen LogP contribution in [0.25, 0.3) is 0 Å². The highest BCUT2D eigenvalue weighted by Gasteiger charge is 2.50. The molecule has 0 aromatic carbocycles. The van der Waals surface area contributed by atoms with Gasteiger partial charge in [0.15, 0.2) is 12.6 Å². The van der Waals surface area contributed by atoms with Crippen molar-refractivity contribution in [1.29, 1.82) is 0 Å². The van der Waals surface area contributed by atoms with Crippen molar-refractivity contribution in [2.45, 2.75) is 82.1 Å². The summed E-state index contributed by atoms with van der Waals surface area (Å²) in [5.41, 5.74) is 0. The third kappa shape index (κ3) is 4.96. The van der Waals surface area contributed by atoms with Gasteiger partial charge >= 0.3 is 0 Å². The van der Waals surface area contributed by atoms with Crippen LogP contribution in [0.15, 0.2) is 0 Å². The van der Waals surface area contributed by atoms with Crippen LogP contribution in [-0.2, 0) is 23.8 Å². The normalized spacial score (nSPS) is 44.0. The van der Waals surface area contributed by atoms with Crippen LogP contribution in [0.4, 0.5) is 0 Å². The molecule has 2 saturated heterocycles. The molecule has 0 spiro atoms. The van der Waals surface area contributed by atoms with E-state index in [1.165, 1.54) is 20.8 Å². The predicted octanol–water partition coefficient (Wildman–Crippen LogP) is -4.08. The smallest absolute Gasteiger partial charge is 0.217 e. The van der Waals surface area contributed by atoms with Gasteiger partial charge in [0.25, 0.3) is 0 Å². The van der Waals surface area contributed by atoms with Gasteiger partial charge in [-0.05, 0) is 6.92 Å². The zero-order chi connectivity index (χ0) is 21.2. The Kier molecular flexibility index (Phi) is 7.70. The first-order valence-electron chi connectivity index (χ1n) is 8.90. The lowest BCUT2D eigenvalue weighted by Crippen LogP contribution is -2.69. The van der Waals surface area contributed by atoms with Crippen LogP contribution in [-0.4, -0.2) is 105 Å². The number of aliphatic hydroxyl groups is 5. The number of nitrogens with one attached hydrogen (secondary N) is 2. The Bertz CT molecular complexity index is 564. The number of ether oxygens (including phenoxy) is 3. The highest BCUT2D eigenvalue weighted by atomic mass is 16.7. The van der Waals surface area contributed by atoms with E-state index in [4.69, 9.17) is 14.2 Å². The lowest BCUT2D eigenvalue weighted by atomic mass is 9.95. The van der Waals surface area contributed by atoms with Crippen molar-refractivity contribution in [2.24, 2.45) is 0 Å². The summed E-state index contributed by atoms with van der Waals surface area (Å²) >= 11 is 0. The molecule has 2 amide bonds. The van der Waals surface area contributed by atoms with E-state index in [-0.39, 0.29) is 0 Å². The molecule has 7 N–H and O–H groups in total. The van der Waals surface area contributed by atoms with E-state index in [1.54, 1.807) is 0 Å². The number of rotatable bonds is 5. The Morgan fingerprint density at radius 2 is 1.50 bits per heavy atom. The lowest BCUT2D eigenvalue weighted by Gasteiger charge is -2.47. The van der Waals surface area contributed by atoms with Crippen molar-refractivity contribution < 1.29 is 49.3 Å². The van der Waals surface area contributed by atoms with Crippen molar-refractivity contribution in [3.05, 3.63) is 0 Å². The topological polar surface area (TPSA) is 187 Å². The molecule has 28 heavy (non-hydrogen) atoms. The molecule has 12 nitrogen and oxygen atoms in total. The zero-order valence-corrected chi connectivity index (χ0v) is 15.8. The number of carbonyl (C=O) groups is 2. The minimum Gasteiger partial charge on any atom is -0.394 e. The second kappa shape index (κ2) is 9.41. The Labute approximate surface area is 161 Å². The van der Waals surface area contributed by atoms with E-state index < -0.39 is 79.7 Å². The van der Waals surface area contributed by atoms with Crippen LogP contribution in [0.2, 0.25) is 0 Å². The van der Waals surface area contributed by atoms with Crippen LogP contribution < -0.4 is 10.6 Å². The van der Waals surface area contributed by atoms with Gasteiger partial charge in [0.05, 0.1) is 12.7 Å². The van der Waals surface area contributed by atoms with Gasteiger partial charge in [0.1, 0.15) is 42.6 Å². The third-order valence-electron chi connectivity index (χ3n) is 4.74. The maximum absolute atomic E-state index is 11.5. The summed E-state index contributed by atoms with van der Waals surface area (Å²) < 4.78 is 16.4. The van der Waals surface area contributed by atoms with Gasteiger partial charge in [-0.25, -0.2) is 0 Å². The molecule has 12 heteroatoms. The van der Waals surface area contributed by atoms with Gasteiger partial charge in [-0.15, -0.1) is 0 Å². The maximum atomic E-state index is 11.5. The van der Waals surface area contributed by atoms with Gasteiger partial charge in [-0.1, -0.05) is 0 Å². The predicted molar refractivity (Wildman–Crippen MR) is 90.4 cm³/mol. The largest absolute Gasteiger partial charge is 0.394 e. The Morgan fingerprint density at radius 1 is 0.929 bits per heavy atom. The van der Waals surface area contributed by atoms with Crippen LogP contribution in [0.3, 0.4) is 0 Å². The average molecular weight is 408 g/mol. The first-order valence-corrected chi connectivity index (χ1v) is 8.90. The van der Waals surface area contributed by atoms with Gasteiger partial charge in [0.2, 0.25) is 11.8 Å². The summed E-state index contributed by atoms with van der Waals surface area (Å²) in [6.45, 7) is 3.22. The average Bonchev–Trinajstić information content (AvgIpc) is 2.61. The number of hydrogen-bond donors (Lipinski definition) is 7. The zero-order valence-electron chi connectivity index (χ0n) is 15.8. The van der Waals surface area contributed by atoms with Crippen molar-refractivity contribution >= 4 is 11.8 Å². The van der Waals surface area contributed by atoms with Crippen molar-refractivity contribution in [3.63, 3.8) is 0 Å². The summed E-state index contributed by atoms with van der Waals surface area (Å²) in [7, 11) is 0. The van der Waals surface area contributed by atoms with E-state index in [0.29, 0.717) is 0 Å². The molecule has 0 saturated carbocycles. The molecule has 10 atom stereocenters. The molecular formula is C16H28N2O10. The highest BCUT2D eigenvalue weighted by molar-refractivity contribution is 5.73. The van der Waals surface area contributed by atoms with Crippen molar-refractivity contribution in [1.82, 2.24) is 10.6 Å². The molecule has 2 rings (SSSR count). The minimum atomic E-state index is -1.54. The maximum Gasteiger partial charge on any atom is 0.217 e. The summed E-state index contributed by atoms with van der Waals surface area (Å²) in [6.07, 6.45) is -10.6. The third-order valence-corrected chi connectivity index (χ3v) is 4.74. The number of hydrogen-bond acceptors (Lipinski definition) is 10. The first kappa shape index (κ1) is 22.9. The Hall–Kier alpha value is -1.38. The molecule has 2 aliphatic rings. The number of aliphatic hydroxyl groups excluding tert-OH is 5. The van der Waals surface area contributed by atoms with Gasteiger partial charge < -0.3 is 50.4 Å². The fourth-order valence-corrected chi connectivity index (χ4v) is 3.32. The molecule has 0 aromatic rings. The minimum absolute atomic E-state index is 0.519. The summed E-state index contributed by atoms with van der Waals surface area (Å²) in [5.74, 6) is -1.06. The molecule has 2 aliphatic heterocycles. The van der Waals surface area contributed by atoms with E-state index >= 15 is 0 Å². The monoisotopic (exact) mass is 408 g/mol. The molecule has 0 radical (unpaired) electrons. The standard InChI is InChI=1S/C16H28N2O10/c1-5-11(22)14(10(15(25)26-5)18-7(3)21)28-16-9(17-6(2)20)13(24)12(23)8(4-19)27-16/h5,8-16,19,22-25H,4H2,1-3H3,(H,17,20)(H,18,21)/t5-,8+,9+,10-,11+,12-,13+,14-,15-,16+/m0/s1. The number of amides is 2. The van der Waals surface area contributed by atoms with E-state index in [2.05, 4.69) is 10.6 Å². The SMILES string of the molecule is CC(=O)N[C@H]1[C@@H](O[C@@H]2[C@H](O)[C@H](C)O[C@H](O)[C@H]2NC(C)=O)O[C@H](CO)[C@H](O)[C@@H]1O. The molecule has 0 aromatic heterocycles. The molecule has 0 bridgehead atoms. The summed E-state index contributed by atoms with van der Waals surface area (Å²) in [6, 6.07) is -2.42. The fraction of sp³-hybridized carbons (Fsp3) is 0.875. The van der Waals surface area contributed by atoms with Crippen LogP contribution in [0.1, 0.15) is 20.8 Å². The fourth-order valence-electron chi connectivity index (χ4n) is 3.32. The second-order valence-electron chi connectivity index (χ2n) is 6.98. The number of carbonyl (C=O) groups excluding carboxylic acids is 2. The van der Waals surface area contributed by atoms with Gasteiger partial charge in [-0.2, -0.15) is 0 Å². The second-order valence-corrected chi connectivity index (χ2v) is 6.98.